The van der Waals surface area contributed by atoms with Crippen molar-refractivity contribution in [1.82, 2.24) is 5.32 Å². The van der Waals surface area contributed by atoms with Crippen molar-refractivity contribution in [3.8, 4) is 11.1 Å². The molecular weight excluding hydrogens is 446 g/mol. The summed E-state index contributed by atoms with van der Waals surface area (Å²) in [6, 6.07) is 22.5. The predicted molar refractivity (Wildman–Crippen MR) is 115 cm³/mol. The van der Waals surface area contributed by atoms with Crippen LogP contribution in [0, 0.1) is 0 Å². The maximum atomic E-state index is 12.5. The second-order valence-electron chi connectivity index (χ2n) is 7.12. The van der Waals surface area contributed by atoms with Crippen LogP contribution in [0.25, 0.3) is 11.1 Å². The molecule has 0 spiro atoms. The van der Waals surface area contributed by atoms with Gasteiger partial charge in [-0.2, -0.15) is 0 Å². The van der Waals surface area contributed by atoms with Crippen LogP contribution in [0.2, 0.25) is 0 Å². The van der Waals surface area contributed by atoms with Gasteiger partial charge in [-0.25, -0.2) is 4.79 Å². The number of nitrogens with one attached hydrogen (secondary N) is 1. The van der Waals surface area contributed by atoms with E-state index in [1.54, 1.807) is 18.2 Å². The summed E-state index contributed by atoms with van der Waals surface area (Å²) in [5.74, 6) is -1.32. The number of benzene rings is 3. The van der Waals surface area contributed by atoms with Crippen LogP contribution in [0.1, 0.15) is 35.1 Å². The zero-order chi connectivity index (χ0) is 21.1. The second kappa shape index (κ2) is 8.71. The lowest BCUT2D eigenvalue weighted by molar-refractivity contribution is -0.306. The molecule has 0 saturated heterocycles. The fourth-order valence-electron chi connectivity index (χ4n) is 3.95. The maximum Gasteiger partial charge on any atom is 0.407 e. The highest BCUT2D eigenvalue weighted by Gasteiger charge is 2.29. The molecule has 1 N–H and O–H groups in total. The highest BCUT2D eigenvalue weighted by molar-refractivity contribution is 9.10. The molecule has 1 amide bonds. The monoisotopic (exact) mass is 464 g/mol. The summed E-state index contributed by atoms with van der Waals surface area (Å²) < 4.78 is 6.24. The van der Waals surface area contributed by atoms with E-state index in [0.29, 0.717) is 10.0 Å². The zero-order valence-electron chi connectivity index (χ0n) is 16.0. The van der Waals surface area contributed by atoms with Gasteiger partial charge in [0, 0.05) is 22.8 Å². The van der Waals surface area contributed by atoms with Crippen LogP contribution in [0.5, 0.6) is 0 Å². The number of carboxylic acids is 1. The summed E-state index contributed by atoms with van der Waals surface area (Å²) in [6.45, 7) is 0.161. The quantitative estimate of drug-likeness (QED) is 0.593. The Bertz CT molecular complexity index is 1050. The van der Waals surface area contributed by atoms with Gasteiger partial charge in [0.2, 0.25) is 0 Å². The number of carbonyl (C=O) groups is 2. The number of fused-ring (bicyclic) bond motifs is 3. The molecule has 0 bridgehead atoms. The van der Waals surface area contributed by atoms with Crippen molar-refractivity contribution in [2.45, 2.75) is 18.4 Å². The molecule has 1 aliphatic carbocycles. The van der Waals surface area contributed by atoms with Gasteiger partial charge in [-0.05, 0) is 33.9 Å². The minimum absolute atomic E-state index is 0.0637. The lowest BCUT2D eigenvalue weighted by Crippen LogP contribution is -2.35. The van der Waals surface area contributed by atoms with E-state index >= 15 is 0 Å². The summed E-state index contributed by atoms with van der Waals surface area (Å²) in [5.41, 5.74) is 5.16. The highest BCUT2D eigenvalue weighted by atomic mass is 79.9. The normalized spacial score (nSPS) is 13.2. The molecule has 4 rings (SSSR count). The van der Waals surface area contributed by atoms with E-state index in [4.69, 9.17) is 4.74 Å². The maximum absolute atomic E-state index is 12.5. The minimum Gasteiger partial charge on any atom is -0.550 e. The van der Waals surface area contributed by atoms with Gasteiger partial charge < -0.3 is 20.0 Å². The van der Waals surface area contributed by atoms with Crippen molar-refractivity contribution in [3.63, 3.8) is 0 Å². The number of alkyl carbamates (subject to hydrolysis) is 1. The SMILES string of the molecule is O=C([O-])C[C@H](NC(=O)OCC1c2ccccc2-c2ccccc21)c1ccccc1Br. The second-order valence-corrected chi connectivity index (χ2v) is 7.97. The lowest BCUT2D eigenvalue weighted by Gasteiger charge is -2.21. The summed E-state index contributed by atoms with van der Waals surface area (Å²) in [4.78, 5) is 23.7. The van der Waals surface area contributed by atoms with E-state index in [-0.39, 0.29) is 18.9 Å². The number of aliphatic carboxylic acids is 1. The Labute approximate surface area is 182 Å². The summed E-state index contributed by atoms with van der Waals surface area (Å²) in [6.07, 6.45) is -1.02. The van der Waals surface area contributed by atoms with E-state index in [1.165, 1.54) is 0 Å². The predicted octanol–water partition coefficient (Wildman–Crippen LogP) is 4.17. The van der Waals surface area contributed by atoms with Gasteiger partial charge in [-0.1, -0.05) is 82.7 Å². The Hall–Kier alpha value is -3.12. The van der Waals surface area contributed by atoms with Gasteiger partial charge in [0.25, 0.3) is 0 Å². The van der Waals surface area contributed by atoms with Crippen LogP contribution in [0.4, 0.5) is 4.79 Å². The van der Waals surface area contributed by atoms with Gasteiger partial charge in [0.1, 0.15) is 6.61 Å². The van der Waals surface area contributed by atoms with Crippen LogP contribution in [0.3, 0.4) is 0 Å². The van der Waals surface area contributed by atoms with E-state index < -0.39 is 18.1 Å². The number of hydrogen-bond donors (Lipinski definition) is 1. The Kier molecular flexibility index (Phi) is 5.86. The van der Waals surface area contributed by atoms with Crippen LogP contribution >= 0.6 is 15.9 Å². The number of rotatable bonds is 6. The van der Waals surface area contributed by atoms with E-state index in [9.17, 15) is 14.7 Å². The van der Waals surface area contributed by atoms with Crippen molar-refractivity contribution in [2.75, 3.05) is 6.61 Å². The number of hydrogen-bond acceptors (Lipinski definition) is 4. The molecule has 0 fully saturated rings. The number of amides is 1. The Morgan fingerprint density at radius 3 is 2.10 bits per heavy atom. The third kappa shape index (κ3) is 4.09. The molecule has 0 aromatic heterocycles. The molecule has 0 radical (unpaired) electrons. The first-order valence-corrected chi connectivity index (χ1v) is 10.4. The molecule has 0 unspecified atom stereocenters. The van der Waals surface area contributed by atoms with Crippen LogP contribution < -0.4 is 10.4 Å². The Balaban J connectivity index is 1.49. The first kappa shape index (κ1) is 20.2. The number of carboxylic acid groups (broad SMARTS) is 1. The topological polar surface area (TPSA) is 78.5 Å². The number of carbonyl (C=O) groups excluding carboxylic acids is 2. The summed E-state index contributed by atoms with van der Waals surface area (Å²) in [5, 5.41) is 13.9. The highest BCUT2D eigenvalue weighted by Crippen LogP contribution is 2.44. The van der Waals surface area contributed by atoms with Crippen LogP contribution in [-0.4, -0.2) is 18.7 Å². The largest absolute Gasteiger partial charge is 0.550 e. The van der Waals surface area contributed by atoms with E-state index in [0.717, 1.165) is 22.3 Å². The fraction of sp³-hybridized carbons (Fsp3) is 0.167. The molecule has 152 valence electrons. The minimum atomic E-state index is -1.25. The molecule has 1 aliphatic rings. The smallest absolute Gasteiger partial charge is 0.407 e. The molecule has 30 heavy (non-hydrogen) atoms. The molecule has 3 aromatic rings. The van der Waals surface area contributed by atoms with Crippen molar-refractivity contribution in [1.29, 1.82) is 0 Å². The van der Waals surface area contributed by atoms with Gasteiger partial charge in [0.15, 0.2) is 0 Å². The molecule has 0 heterocycles. The van der Waals surface area contributed by atoms with Crippen LogP contribution in [-0.2, 0) is 9.53 Å². The molecule has 0 aliphatic heterocycles. The average Bonchev–Trinajstić information content (AvgIpc) is 3.06. The third-order valence-electron chi connectivity index (χ3n) is 5.29. The fourth-order valence-corrected chi connectivity index (χ4v) is 4.51. The van der Waals surface area contributed by atoms with Crippen LogP contribution in [0.15, 0.2) is 77.3 Å². The third-order valence-corrected chi connectivity index (χ3v) is 6.01. The molecule has 5 nitrogen and oxygen atoms in total. The number of ether oxygens (including phenoxy) is 1. The van der Waals surface area contributed by atoms with Gasteiger partial charge in [-0.3, -0.25) is 0 Å². The first-order chi connectivity index (χ1) is 14.5. The van der Waals surface area contributed by atoms with Crippen molar-refractivity contribution < 1.29 is 19.4 Å². The van der Waals surface area contributed by atoms with Gasteiger partial charge >= 0.3 is 6.09 Å². The molecular formula is C24H19BrNO4-. The summed E-state index contributed by atoms with van der Waals surface area (Å²) >= 11 is 3.40. The van der Waals surface area contributed by atoms with Crippen molar-refractivity contribution >= 4 is 28.0 Å². The Morgan fingerprint density at radius 1 is 0.933 bits per heavy atom. The van der Waals surface area contributed by atoms with Gasteiger partial charge in [0.05, 0.1) is 6.04 Å². The first-order valence-electron chi connectivity index (χ1n) is 9.60. The summed E-state index contributed by atoms with van der Waals surface area (Å²) in [7, 11) is 0. The van der Waals surface area contributed by atoms with Crippen molar-refractivity contribution in [3.05, 3.63) is 94.0 Å². The van der Waals surface area contributed by atoms with E-state index in [1.807, 2.05) is 42.5 Å². The Morgan fingerprint density at radius 2 is 1.50 bits per heavy atom. The lowest BCUT2D eigenvalue weighted by atomic mass is 9.98. The average molecular weight is 465 g/mol. The van der Waals surface area contributed by atoms with Gasteiger partial charge in [-0.15, -0.1) is 0 Å². The molecule has 3 aromatic carbocycles. The molecule has 0 saturated carbocycles. The zero-order valence-corrected chi connectivity index (χ0v) is 17.6. The molecule has 1 atom stereocenters. The number of halogens is 1. The molecule has 6 heteroatoms. The van der Waals surface area contributed by atoms with E-state index in [2.05, 4.69) is 33.4 Å². The van der Waals surface area contributed by atoms with Crippen molar-refractivity contribution in [2.24, 2.45) is 0 Å². The standard InChI is InChI=1S/C24H20BrNO4/c25-21-12-6-5-11-19(21)22(13-23(27)28)26-24(29)30-14-20-17-9-3-1-7-15(17)16-8-2-4-10-18(16)20/h1-12,20,22H,13-14H2,(H,26,29)(H,27,28)/p-1/t22-/m0/s1.